The van der Waals surface area contributed by atoms with Gasteiger partial charge >= 0.3 is 0 Å². The maximum absolute atomic E-state index is 11.9. The zero-order valence-corrected chi connectivity index (χ0v) is 17.2. The fourth-order valence-corrected chi connectivity index (χ4v) is 3.75. The predicted octanol–water partition coefficient (Wildman–Crippen LogP) is 2.68. The fourth-order valence-electron chi connectivity index (χ4n) is 3.16. The second kappa shape index (κ2) is 7.02. The average Bonchev–Trinajstić information content (AvgIpc) is 3.21. The molecule has 0 spiro atoms. The third-order valence-corrected chi connectivity index (χ3v) is 5.32. The summed E-state index contributed by atoms with van der Waals surface area (Å²) in [7, 11) is 0. The molecule has 4 rings (SSSR count). The maximum Gasteiger partial charge on any atom is 0.277 e. The minimum absolute atomic E-state index is 0.0969. The fraction of sp³-hybridized carbons (Fsp3) is 0.294. The number of nitrogens with one attached hydrogen (secondary N) is 3. The number of H-pyrrole nitrogens is 2. The Morgan fingerprint density at radius 3 is 3.04 bits per heavy atom. The van der Waals surface area contributed by atoms with E-state index < -0.39 is 0 Å². The zero-order valence-electron chi connectivity index (χ0n) is 14.8. The molecule has 0 bridgehead atoms. The predicted molar refractivity (Wildman–Crippen MR) is 109 cm³/mol. The van der Waals surface area contributed by atoms with E-state index in [1.165, 1.54) is 6.33 Å². The summed E-state index contributed by atoms with van der Waals surface area (Å²) in [6, 6.07) is 4.06. The van der Waals surface area contributed by atoms with Crippen LogP contribution in [0.4, 0.5) is 0 Å². The monoisotopic (exact) mass is 447 g/mol. The van der Waals surface area contributed by atoms with Gasteiger partial charge in [-0.25, -0.2) is 9.97 Å². The van der Waals surface area contributed by atoms with Crippen LogP contribution in [0.5, 0.6) is 0 Å². The molecule has 3 N–H and O–H groups in total. The van der Waals surface area contributed by atoms with E-state index in [2.05, 4.69) is 52.5 Å². The van der Waals surface area contributed by atoms with E-state index in [4.69, 9.17) is 12.2 Å². The molecule has 0 amide bonds. The number of hydrogen-bond donors (Lipinski definition) is 3. The molecule has 0 radical (unpaired) electrons. The Hall–Kier alpha value is -2.30. The van der Waals surface area contributed by atoms with Gasteiger partial charge in [0.2, 0.25) is 0 Å². The highest BCUT2D eigenvalue weighted by Gasteiger charge is 2.13. The molecule has 0 aliphatic carbocycles. The lowest BCUT2D eigenvalue weighted by Crippen LogP contribution is -2.32. The van der Waals surface area contributed by atoms with Gasteiger partial charge in [-0.05, 0) is 54.1 Å². The molecule has 27 heavy (non-hydrogen) atoms. The van der Waals surface area contributed by atoms with Crippen LogP contribution >= 0.6 is 28.1 Å². The van der Waals surface area contributed by atoms with Gasteiger partial charge in [0.15, 0.2) is 10.4 Å². The molecule has 0 aliphatic rings. The van der Waals surface area contributed by atoms with Crippen molar-refractivity contribution in [3.8, 4) is 0 Å². The molecule has 1 unspecified atom stereocenters. The number of nitrogens with zero attached hydrogens (tertiary/aromatic N) is 4. The Morgan fingerprint density at radius 2 is 2.22 bits per heavy atom. The first kappa shape index (κ1) is 18.1. The summed E-state index contributed by atoms with van der Waals surface area (Å²) >= 11 is 8.83. The SMILES string of the molecule is Cc1nc2ccc(Br)cn2c1CNC(C)Cn1c(=S)[nH]c(=O)c2[nH]cnc21. The molecular weight excluding hydrogens is 430 g/mol. The highest BCUT2D eigenvalue weighted by atomic mass is 79.9. The summed E-state index contributed by atoms with van der Waals surface area (Å²) in [4.78, 5) is 26.3. The van der Waals surface area contributed by atoms with Crippen molar-refractivity contribution in [1.29, 1.82) is 0 Å². The summed E-state index contributed by atoms with van der Waals surface area (Å²) < 4.78 is 5.28. The quantitative estimate of drug-likeness (QED) is 0.408. The lowest BCUT2D eigenvalue weighted by Gasteiger charge is -2.16. The number of imidazole rings is 2. The van der Waals surface area contributed by atoms with Gasteiger partial charge in [0, 0.05) is 29.8 Å². The summed E-state index contributed by atoms with van der Waals surface area (Å²) in [5, 5.41) is 3.51. The first-order valence-corrected chi connectivity index (χ1v) is 9.67. The standard InChI is InChI=1S/C17H18BrN7OS/c1-9(6-25-15-14(20-8-21-15)16(26)23-17(25)27)19-5-12-10(2)22-13-4-3-11(18)7-24(12)13/h3-4,7-9,19H,5-6H2,1-2H3,(H,20,21)(H,23,26,27). The normalized spacial score (nSPS) is 12.9. The number of pyridine rings is 1. The molecule has 4 aromatic heterocycles. The van der Waals surface area contributed by atoms with Gasteiger partial charge in [0.05, 0.1) is 17.7 Å². The van der Waals surface area contributed by atoms with Gasteiger partial charge in [0.1, 0.15) is 11.2 Å². The molecule has 10 heteroatoms. The smallest absolute Gasteiger partial charge is 0.277 e. The first-order valence-electron chi connectivity index (χ1n) is 8.46. The third-order valence-electron chi connectivity index (χ3n) is 4.52. The maximum atomic E-state index is 11.9. The van der Waals surface area contributed by atoms with E-state index in [0.717, 1.165) is 21.5 Å². The lowest BCUT2D eigenvalue weighted by molar-refractivity contribution is 0.471. The number of aromatic nitrogens is 6. The van der Waals surface area contributed by atoms with Crippen LogP contribution < -0.4 is 10.9 Å². The van der Waals surface area contributed by atoms with Gasteiger partial charge in [-0.2, -0.15) is 0 Å². The van der Waals surface area contributed by atoms with Crippen molar-refractivity contribution in [2.24, 2.45) is 0 Å². The summed E-state index contributed by atoms with van der Waals surface area (Å²) in [6.45, 7) is 5.31. The number of hydrogen-bond acceptors (Lipinski definition) is 5. The summed E-state index contributed by atoms with van der Waals surface area (Å²) in [5.74, 6) is 0. The van der Waals surface area contributed by atoms with Crippen LogP contribution in [0.15, 0.2) is 33.9 Å². The topological polar surface area (TPSA) is 95.8 Å². The van der Waals surface area contributed by atoms with Gasteiger partial charge in [0.25, 0.3) is 5.56 Å². The minimum Gasteiger partial charge on any atom is -0.339 e. The molecule has 0 saturated heterocycles. The van der Waals surface area contributed by atoms with Crippen LogP contribution in [0.2, 0.25) is 0 Å². The van der Waals surface area contributed by atoms with Crippen LogP contribution in [0.3, 0.4) is 0 Å². The highest BCUT2D eigenvalue weighted by Crippen LogP contribution is 2.17. The number of aryl methyl sites for hydroxylation is 1. The Kier molecular flexibility index (Phi) is 4.70. The molecule has 1 atom stereocenters. The lowest BCUT2D eigenvalue weighted by atomic mass is 10.3. The van der Waals surface area contributed by atoms with Crippen molar-refractivity contribution in [1.82, 2.24) is 34.2 Å². The van der Waals surface area contributed by atoms with Gasteiger partial charge in [-0.15, -0.1) is 0 Å². The van der Waals surface area contributed by atoms with E-state index in [-0.39, 0.29) is 11.6 Å². The van der Waals surface area contributed by atoms with E-state index in [1.807, 2.05) is 29.8 Å². The van der Waals surface area contributed by atoms with Crippen molar-refractivity contribution >= 4 is 45.0 Å². The molecule has 140 valence electrons. The minimum atomic E-state index is -0.253. The van der Waals surface area contributed by atoms with Crippen LogP contribution in [0.1, 0.15) is 18.3 Å². The van der Waals surface area contributed by atoms with Crippen molar-refractivity contribution < 1.29 is 0 Å². The second-order valence-corrected chi connectivity index (χ2v) is 7.77. The molecule has 8 nitrogen and oxygen atoms in total. The molecular formula is C17H18BrN7OS. The van der Waals surface area contributed by atoms with Crippen LogP contribution in [-0.4, -0.2) is 34.9 Å². The van der Waals surface area contributed by atoms with E-state index in [0.29, 0.717) is 29.0 Å². The Bertz CT molecular complexity index is 1250. The van der Waals surface area contributed by atoms with Crippen LogP contribution in [0, 0.1) is 11.7 Å². The number of halogens is 1. The largest absolute Gasteiger partial charge is 0.339 e. The van der Waals surface area contributed by atoms with E-state index in [1.54, 1.807) is 0 Å². The third kappa shape index (κ3) is 3.35. The Morgan fingerprint density at radius 1 is 1.41 bits per heavy atom. The summed E-state index contributed by atoms with van der Waals surface area (Å²) in [6.07, 6.45) is 3.52. The number of fused-ring (bicyclic) bond motifs is 2. The van der Waals surface area contributed by atoms with Crippen LogP contribution in [0.25, 0.3) is 16.8 Å². The molecule has 0 aliphatic heterocycles. The second-order valence-electron chi connectivity index (χ2n) is 6.47. The number of rotatable bonds is 5. The molecule has 0 aromatic carbocycles. The van der Waals surface area contributed by atoms with Crippen molar-refractivity contribution in [2.75, 3.05) is 0 Å². The van der Waals surface area contributed by atoms with Crippen molar-refractivity contribution in [3.05, 3.63) is 55.6 Å². The summed E-state index contributed by atoms with van der Waals surface area (Å²) in [5.41, 5.74) is 3.75. The van der Waals surface area contributed by atoms with E-state index in [9.17, 15) is 4.79 Å². The first-order chi connectivity index (χ1) is 12.9. The number of aromatic amines is 2. The highest BCUT2D eigenvalue weighted by molar-refractivity contribution is 9.10. The Balaban J connectivity index is 1.56. The van der Waals surface area contributed by atoms with E-state index >= 15 is 0 Å². The molecule has 0 fully saturated rings. The average molecular weight is 448 g/mol. The van der Waals surface area contributed by atoms with Crippen molar-refractivity contribution in [2.45, 2.75) is 33.0 Å². The molecule has 0 saturated carbocycles. The van der Waals surface area contributed by atoms with Gasteiger partial charge < -0.3 is 14.7 Å². The van der Waals surface area contributed by atoms with Gasteiger partial charge in [-0.3, -0.25) is 14.3 Å². The molecule has 4 heterocycles. The van der Waals surface area contributed by atoms with Crippen molar-refractivity contribution in [3.63, 3.8) is 0 Å². The molecule has 4 aromatic rings. The Labute approximate surface area is 167 Å². The zero-order chi connectivity index (χ0) is 19.1. The van der Waals surface area contributed by atoms with Gasteiger partial charge in [-0.1, -0.05) is 0 Å². The van der Waals surface area contributed by atoms with Crippen LogP contribution in [-0.2, 0) is 13.1 Å².